The predicted molar refractivity (Wildman–Crippen MR) is 180 cm³/mol. The number of hydrogen-bond acceptors (Lipinski definition) is 6. The maximum absolute atomic E-state index is 13.6. The van der Waals surface area contributed by atoms with Crippen LogP contribution in [0.4, 0.5) is 4.79 Å². The molecule has 0 radical (unpaired) electrons. The second-order valence-electron chi connectivity index (χ2n) is 13.7. The molecular formula is C34H46N6O5S. The first kappa shape index (κ1) is 32.3. The van der Waals surface area contributed by atoms with Gasteiger partial charge >= 0.3 is 16.2 Å². The highest BCUT2D eigenvalue weighted by atomic mass is 32.2. The van der Waals surface area contributed by atoms with Gasteiger partial charge in [0.05, 0.1) is 18.3 Å². The zero-order valence-electron chi connectivity index (χ0n) is 27.7. The summed E-state index contributed by atoms with van der Waals surface area (Å²) in [6.07, 6.45) is 6.50. The molecule has 2 aliphatic carbocycles. The first-order chi connectivity index (χ1) is 21.8. The molecule has 6 rings (SSSR count). The fraction of sp³-hybridized carbons (Fsp3) is 0.529. The van der Waals surface area contributed by atoms with Gasteiger partial charge in [-0.3, -0.25) is 4.79 Å². The molecule has 2 saturated carbocycles. The molecule has 3 aliphatic rings. The third-order valence-corrected chi connectivity index (χ3v) is 11.5. The number of fused-ring (bicyclic) bond motifs is 7. The molecule has 3 aromatic rings. The van der Waals surface area contributed by atoms with E-state index in [9.17, 15) is 18.0 Å². The van der Waals surface area contributed by atoms with Crippen LogP contribution in [0.1, 0.15) is 71.8 Å². The number of aromatic nitrogens is 1. The standard InChI is InChI=1S/C34H46N6O5S/c1-37(2)16-17-39(5)33(42)35-34-20-28(34)27-19-24(45-6)13-15-25(27)31-30(22-10-8-7-9-11-22)26-14-12-23(18-29(26)40(31)21-34)32(41)36-46(43,44)38(3)4/h12-15,18-19,22,28H,7-11,16-17,20-21H2,1-6H3,(H,35,42)(H,36,41)/t28-,34-/m1/s1. The van der Waals surface area contributed by atoms with Gasteiger partial charge < -0.3 is 24.4 Å². The smallest absolute Gasteiger partial charge is 0.317 e. The quantitative estimate of drug-likeness (QED) is 0.356. The van der Waals surface area contributed by atoms with Crippen LogP contribution < -0.4 is 14.8 Å². The van der Waals surface area contributed by atoms with Crippen LogP contribution in [-0.2, 0) is 16.8 Å². The van der Waals surface area contributed by atoms with Crippen LogP contribution in [0.25, 0.3) is 22.2 Å². The van der Waals surface area contributed by atoms with Gasteiger partial charge in [-0.15, -0.1) is 0 Å². The number of nitrogens with one attached hydrogen (secondary N) is 2. The van der Waals surface area contributed by atoms with Gasteiger partial charge in [0.1, 0.15) is 5.75 Å². The number of benzene rings is 2. The average molecular weight is 651 g/mol. The average Bonchev–Trinajstić information content (AvgIpc) is 3.66. The molecule has 0 spiro atoms. The van der Waals surface area contributed by atoms with Crippen LogP contribution in [0.15, 0.2) is 36.4 Å². The molecule has 46 heavy (non-hydrogen) atoms. The van der Waals surface area contributed by atoms with Gasteiger partial charge in [-0.1, -0.05) is 25.3 Å². The summed E-state index contributed by atoms with van der Waals surface area (Å²) < 4.78 is 36.2. The van der Waals surface area contributed by atoms with Crippen molar-refractivity contribution in [2.75, 3.05) is 55.4 Å². The molecule has 2 heterocycles. The highest BCUT2D eigenvalue weighted by Crippen LogP contribution is 2.60. The molecule has 12 heteroatoms. The van der Waals surface area contributed by atoms with E-state index < -0.39 is 21.7 Å². The third-order valence-electron chi connectivity index (χ3n) is 10.1. The van der Waals surface area contributed by atoms with Gasteiger partial charge in [-0.05, 0) is 80.7 Å². The number of nitrogens with zero attached hydrogens (tertiary/aromatic N) is 4. The Kier molecular flexibility index (Phi) is 8.58. The van der Waals surface area contributed by atoms with E-state index in [0.717, 1.165) is 76.4 Å². The van der Waals surface area contributed by atoms with E-state index in [1.165, 1.54) is 26.1 Å². The van der Waals surface area contributed by atoms with Crippen LogP contribution in [-0.4, -0.2) is 100 Å². The first-order valence-corrected chi connectivity index (χ1v) is 17.6. The molecule has 2 fully saturated rings. The van der Waals surface area contributed by atoms with Gasteiger partial charge in [0, 0.05) is 68.7 Å². The topological polar surface area (TPSA) is 116 Å². The molecule has 0 bridgehead atoms. The molecule has 1 aromatic heterocycles. The van der Waals surface area contributed by atoms with Crippen LogP contribution >= 0.6 is 0 Å². The number of ether oxygens (including phenoxy) is 1. The van der Waals surface area contributed by atoms with E-state index in [-0.39, 0.29) is 17.5 Å². The molecule has 248 valence electrons. The lowest BCUT2D eigenvalue weighted by molar-refractivity contribution is 0.0979. The molecular weight excluding hydrogens is 604 g/mol. The zero-order chi connectivity index (χ0) is 33.0. The predicted octanol–water partition coefficient (Wildman–Crippen LogP) is 4.34. The van der Waals surface area contributed by atoms with E-state index in [1.54, 1.807) is 18.1 Å². The Hall–Kier alpha value is -3.61. The maximum Gasteiger partial charge on any atom is 0.317 e. The van der Waals surface area contributed by atoms with Crippen molar-refractivity contribution in [3.8, 4) is 17.0 Å². The Labute approximate surface area is 272 Å². The van der Waals surface area contributed by atoms with Gasteiger partial charge in [0.25, 0.3) is 5.91 Å². The number of amides is 3. The second kappa shape index (κ2) is 12.2. The minimum absolute atomic E-state index is 0.0923. The number of urea groups is 1. The number of methoxy groups -OCH3 is 1. The minimum Gasteiger partial charge on any atom is -0.497 e. The monoisotopic (exact) mass is 650 g/mol. The Morgan fingerprint density at radius 1 is 1.00 bits per heavy atom. The number of likely N-dealkylation sites (N-methyl/N-ethyl adjacent to an activating group) is 2. The van der Waals surface area contributed by atoms with Crippen LogP contribution in [0.2, 0.25) is 0 Å². The van der Waals surface area contributed by atoms with Crippen molar-refractivity contribution in [2.24, 2.45) is 0 Å². The molecule has 3 amide bonds. The molecule has 2 atom stereocenters. The summed E-state index contributed by atoms with van der Waals surface area (Å²) in [5.74, 6) is 0.542. The van der Waals surface area contributed by atoms with E-state index in [2.05, 4.69) is 31.6 Å². The van der Waals surface area contributed by atoms with Crippen molar-refractivity contribution in [3.05, 3.63) is 53.1 Å². The van der Waals surface area contributed by atoms with Crippen molar-refractivity contribution >= 4 is 33.1 Å². The van der Waals surface area contributed by atoms with Crippen LogP contribution in [0.5, 0.6) is 5.75 Å². The Bertz CT molecular complexity index is 1780. The van der Waals surface area contributed by atoms with Crippen molar-refractivity contribution in [1.82, 2.24) is 28.7 Å². The first-order valence-electron chi connectivity index (χ1n) is 16.1. The van der Waals surface area contributed by atoms with Crippen molar-refractivity contribution < 1.29 is 22.7 Å². The molecule has 0 saturated heterocycles. The van der Waals surface area contributed by atoms with E-state index >= 15 is 0 Å². The molecule has 0 unspecified atom stereocenters. The van der Waals surface area contributed by atoms with E-state index in [1.807, 2.05) is 39.3 Å². The van der Waals surface area contributed by atoms with Crippen LogP contribution in [0, 0.1) is 0 Å². The van der Waals surface area contributed by atoms with Gasteiger partial charge in [-0.25, -0.2) is 9.52 Å². The summed E-state index contributed by atoms with van der Waals surface area (Å²) in [4.78, 5) is 30.7. The molecule has 11 nitrogen and oxygen atoms in total. The molecule has 2 aromatic carbocycles. The lowest BCUT2D eigenvalue weighted by Gasteiger charge is -2.26. The Morgan fingerprint density at radius 3 is 2.41 bits per heavy atom. The third kappa shape index (κ3) is 5.86. The van der Waals surface area contributed by atoms with Gasteiger partial charge in [-0.2, -0.15) is 12.7 Å². The summed E-state index contributed by atoms with van der Waals surface area (Å²) in [7, 11) is 6.28. The zero-order valence-corrected chi connectivity index (χ0v) is 28.5. The highest BCUT2D eigenvalue weighted by molar-refractivity contribution is 7.87. The van der Waals surface area contributed by atoms with Gasteiger partial charge in [0.2, 0.25) is 0 Å². The summed E-state index contributed by atoms with van der Waals surface area (Å²) >= 11 is 0. The summed E-state index contributed by atoms with van der Waals surface area (Å²) in [5.41, 5.74) is 5.29. The maximum atomic E-state index is 13.6. The Morgan fingerprint density at radius 2 is 1.74 bits per heavy atom. The summed E-state index contributed by atoms with van der Waals surface area (Å²) in [5, 5.41) is 4.50. The fourth-order valence-electron chi connectivity index (χ4n) is 7.32. The lowest BCUT2D eigenvalue weighted by Crippen LogP contribution is -2.48. The highest BCUT2D eigenvalue weighted by Gasteiger charge is 2.59. The SMILES string of the molecule is COc1ccc2c(c1)[C@H]1C[C@@]1(NC(=O)N(C)CCN(C)C)Cn1c-2c(C2CCCCC2)c2ccc(C(=O)NS(=O)(=O)N(C)C)cc21. The van der Waals surface area contributed by atoms with E-state index in [4.69, 9.17) is 4.74 Å². The van der Waals surface area contributed by atoms with Crippen molar-refractivity contribution in [3.63, 3.8) is 0 Å². The lowest BCUT2D eigenvalue weighted by atomic mass is 9.81. The molecule has 2 N–H and O–H groups in total. The second-order valence-corrected chi connectivity index (χ2v) is 15.5. The number of hydrogen-bond donors (Lipinski definition) is 2. The van der Waals surface area contributed by atoms with Crippen molar-refractivity contribution in [1.29, 1.82) is 0 Å². The largest absolute Gasteiger partial charge is 0.497 e. The number of carbonyl (C=O) groups is 2. The minimum atomic E-state index is -3.96. The Balaban J connectivity index is 1.51. The fourth-order valence-corrected chi connectivity index (χ4v) is 7.86. The van der Waals surface area contributed by atoms with Gasteiger partial charge in [0.15, 0.2) is 0 Å². The number of rotatable bonds is 9. The van der Waals surface area contributed by atoms with Crippen LogP contribution in [0.3, 0.4) is 0 Å². The summed E-state index contributed by atoms with van der Waals surface area (Å²) in [6, 6.07) is 11.7. The van der Waals surface area contributed by atoms with Crippen molar-refractivity contribution in [2.45, 2.75) is 62.4 Å². The summed E-state index contributed by atoms with van der Waals surface area (Å²) in [6.45, 7) is 1.88. The normalized spacial score (nSPS) is 20.9. The molecule has 1 aliphatic heterocycles. The number of carbonyl (C=O) groups excluding carboxylic acids is 2. The van der Waals surface area contributed by atoms with E-state index in [0.29, 0.717) is 19.0 Å².